The fraction of sp³-hybridized carbons (Fsp3) is 0.0667. The SMILES string of the molecule is N#C/C(=C\c1ccc(N2N=C(c3ccccc3)CC2c2ccccc2)cc1)c1ccccc1. The van der Waals surface area contributed by atoms with Crippen LogP contribution < -0.4 is 5.01 Å². The van der Waals surface area contributed by atoms with Gasteiger partial charge >= 0.3 is 0 Å². The topological polar surface area (TPSA) is 39.4 Å². The van der Waals surface area contributed by atoms with Gasteiger partial charge in [-0.05, 0) is 40.5 Å². The smallest absolute Gasteiger partial charge is 0.0998 e. The van der Waals surface area contributed by atoms with E-state index in [9.17, 15) is 5.26 Å². The van der Waals surface area contributed by atoms with Crippen molar-refractivity contribution in [1.82, 2.24) is 0 Å². The summed E-state index contributed by atoms with van der Waals surface area (Å²) in [5.41, 5.74) is 7.08. The van der Waals surface area contributed by atoms with Crippen LogP contribution in [-0.4, -0.2) is 5.71 Å². The van der Waals surface area contributed by atoms with Gasteiger partial charge in [0.25, 0.3) is 0 Å². The number of allylic oxidation sites excluding steroid dienone is 1. The van der Waals surface area contributed by atoms with Gasteiger partial charge in [-0.1, -0.05) is 103 Å². The molecule has 0 fully saturated rings. The van der Waals surface area contributed by atoms with E-state index in [4.69, 9.17) is 5.10 Å². The minimum absolute atomic E-state index is 0.141. The van der Waals surface area contributed by atoms with Crippen molar-refractivity contribution in [2.45, 2.75) is 12.5 Å². The highest BCUT2D eigenvalue weighted by atomic mass is 15.5. The molecular formula is C30H23N3. The Morgan fingerprint density at radius 3 is 2.03 bits per heavy atom. The molecule has 158 valence electrons. The van der Waals surface area contributed by atoms with Crippen molar-refractivity contribution in [3.8, 4) is 6.07 Å². The number of hydrogen-bond acceptors (Lipinski definition) is 3. The van der Waals surface area contributed by atoms with Gasteiger partial charge in [-0.25, -0.2) is 0 Å². The third-order valence-electron chi connectivity index (χ3n) is 5.88. The molecule has 4 aromatic carbocycles. The van der Waals surface area contributed by atoms with Crippen molar-refractivity contribution in [2.75, 3.05) is 5.01 Å². The number of nitrogens with zero attached hydrogens (tertiary/aromatic N) is 3. The summed E-state index contributed by atoms with van der Waals surface area (Å²) >= 11 is 0. The van der Waals surface area contributed by atoms with Crippen molar-refractivity contribution in [2.24, 2.45) is 5.10 Å². The lowest BCUT2D eigenvalue weighted by atomic mass is 9.98. The van der Waals surface area contributed by atoms with Gasteiger partial charge in [-0.15, -0.1) is 0 Å². The highest BCUT2D eigenvalue weighted by molar-refractivity contribution is 6.03. The van der Waals surface area contributed by atoms with Crippen LogP contribution in [0.2, 0.25) is 0 Å². The molecule has 3 nitrogen and oxygen atoms in total. The maximum Gasteiger partial charge on any atom is 0.0998 e. The van der Waals surface area contributed by atoms with E-state index in [0.29, 0.717) is 5.57 Å². The molecule has 1 unspecified atom stereocenters. The molecule has 0 N–H and O–H groups in total. The average Bonchev–Trinajstić information content (AvgIpc) is 3.35. The predicted molar refractivity (Wildman–Crippen MR) is 136 cm³/mol. The molecule has 4 aromatic rings. The first-order chi connectivity index (χ1) is 16.3. The highest BCUT2D eigenvalue weighted by Crippen LogP contribution is 2.36. The van der Waals surface area contributed by atoms with Gasteiger partial charge in [0.15, 0.2) is 0 Å². The zero-order valence-electron chi connectivity index (χ0n) is 18.2. The van der Waals surface area contributed by atoms with Gasteiger partial charge in [-0.2, -0.15) is 10.4 Å². The average molecular weight is 426 g/mol. The molecular weight excluding hydrogens is 402 g/mol. The number of hydrogen-bond donors (Lipinski definition) is 0. The molecule has 1 atom stereocenters. The van der Waals surface area contributed by atoms with Crippen LogP contribution in [0.1, 0.15) is 34.7 Å². The molecule has 0 saturated carbocycles. The molecule has 0 bridgehead atoms. The lowest BCUT2D eigenvalue weighted by molar-refractivity contribution is 0.709. The second-order valence-corrected chi connectivity index (χ2v) is 8.02. The van der Waals surface area contributed by atoms with E-state index >= 15 is 0 Å². The summed E-state index contributed by atoms with van der Waals surface area (Å²) in [6, 6.07) is 41.4. The molecule has 1 aliphatic rings. The molecule has 5 rings (SSSR count). The third-order valence-corrected chi connectivity index (χ3v) is 5.88. The molecule has 0 aliphatic carbocycles. The number of rotatable bonds is 5. The maximum atomic E-state index is 9.62. The Morgan fingerprint density at radius 1 is 0.788 bits per heavy atom. The molecule has 0 amide bonds. The standard InChI is InChI=1S/C30H23N3/c31-22-27(24-10-4-1-5-11-24)20-23-16-18-28(19-17-23)33-30(26-14-8-3-9-15-26)21-29(32-33)25-12-6-2-7-13-25/h1-20,30H,21H2/b27-20+. The van der Waals surface area contributed by atoms with E-state index in [1.165, 1.54) is 5.56 Å². The Balaban J connectivity index is 1.47. The number of benzene rings is 4. The monoisotopic (exact) mass is 425 g/mol. The van der Waals surface area contributed by atoms with Crippen LogP contribution in [0.25, 0.3) is 11.6 Å². The van der Waals surface area contributed by atoms with Gasteiger partial charge in [0.05, 0.1) is 29.1 Å². The van der Waals surface area contributed by atoms with E-state index in [1.807, 2.05) is 60.7 Å². The third kappa shape index (κ3) is 4.46. The summed E-state index contributed by atoms with van der Waals surface area (Å²) in [6.45, 7) is 0. The van der Waals surface area contributed by atoms with Crippen LogP contribution in [-0.2, 0) is 0 Å². The van der Waals surface area contributed by atoms with Crippen molar-refractivity contribution in [3.63, 3.8) is 0 Å². The summed E-state index contributed by atoms with van der Waals surface area (Å²) in [7, 11) is 0. The first kappa shape index (κ1) is 20.5. The summed E-state index contributed by atoms with van der Waals surface area (Å²) in [6.07, 6.45) is 2.78. The predicted octanol–water partition coefficient (Wildman–Crippen LogP) is 7.11. The number of nitriles is 1. The van der Waals surface area contributed by atoms with Crippen molar-refractivity contribution in [3.05, 3.63) is 138 Å². The van der Waals surface area contributed by atoms with Crippen molar-refractivity contribution < 1.29 is 0 Å². The molecule has 0 spiro atoms. The minimum atomic E-state index is 0.141. The van der Waals surface area contributed by atoms with Crippen LogP contribution in [0, 0.1) is 11.3 Å². The van der Waals surface area contributed by atoms with Crippen molar-refractivity contribution in [1.29, 1.82) is 5.26 Å². The Hall–Kier alpha value is -4.42. The van der Waals surface area contributed by atoms with Crippen molar-refractivity contribution >= 4 is 23.0 Å². The summed E-state index contributed by atoms with van der Waals surface area (Å²) in [5, 5.41) is 16.8. The number of anilines is 1. The van der Waals surface area contributed by atoms with Crippen LogP contribution in [0.5, 0.6) is 0 Å². The quantitative estimate of drug-likeness (QED) is 0.252. The van der Waals surface area contributed by atoms with Crippen LogP contribution in [0.3, 0.4) is 0 Å². The Labute approximate surface area is 194 Å². The molecule has 0 saturated heterocycles. The first-order valence-electron chi connectivity index (χ1n) is 11.1. The van der Waals surface area contributed by atoms with Crippen LogP contribution in [0.4, 0.5) is 5.69 Å². The lowest BCUT2D eigenvalue weighted by Gasteiger charge is -2.24. The summed E-state index contributed by atoms with van der Waals surface area (Å²) in [5.74, 6) is 0. The van der Waals surface area contributed by atoms with E-state index in [1.54, 1.807) is 0 Å². The van der Waals surface area contributed by atoms with Gasteiger partial charge in [0.1, 0.15) is 0 Å². The van der Waals surface area contributed by atoms with E-state index in [-0.39, 0.29) is 6.04 Å². The second kappa shape index (κ2) is 9.38. The largest absolute Gasteiger partial charge is 0.257 e. The van der Waals surface area contributed by atoms with Gasteiger partial charge in [0, 0.05) is 6.42 Å². The molecule has 1 heterocycles. The molecule has 0 aromatic heterocycles. The Kier molecular flexibility index (Phi) is 5.82. The lowest BCUT2D eigenvalue weighted by Crippen LogP contribution is -2.18. The van der Waals surface area contributed by atoms with Gasteiger partial charge < -0.3 is 0 Å². The highest BCUT2D eigenvalue weighted by Gasteiger charge is 2.29. The van der Waals surface area contributed by atoms with E-state index in [0.717, 1.165) is 34.5 Å². The fourth-order valence-corrected chi connectivity index (χ4v) is 4.18. The summed E-state index contributed by atoms with van der Waals surface area (Å²) in [4.78, 5) is 0. The summed E-state index contributed by atoms with van der Waals surface area (Å²) < 4.78 is 0. The molecule has 0 radical (unpaired) electrons. The molecule has 33 heavy (non-hydrogen) atoms. The normalized spacial score (nSPS) is 15.7. The minimum Gasteiger partial charge on any atom is -0.257 e. The van der Waals surface area contributed by atoms with E-state index < -0.39 is 0 Å². The second-order valence-electron chi connectivity index (χ2n) is 8.02. The first-order valence-corrected chi connectivity index (χ1v) is 11.1. The zero-order chi connectivity index (χ0) is 22.5. The zero-order valence-corrected chi connectivity index (χ0v) is 18.2. The van der Waals surface area contributed by atoms with E-state index in [2.05, 4.69) is 71.7 Å². The molecule has 1 aliphatic heterocycles. The fourth-order valence-electron chi connectivity index (χ4n) is 4.18. The Morgan fingerprint density at radius 2 is 1.39 bits per heavy atom. The van der Waals surface area contributed by atoms with Crippen LogP contribution in [0.15, 0.2) is 120 Å². The van der Waals surface area contributed by atoms with Gasteiger partial charge in [0.2, 0.25) is 0 Å². The van der Waals surface area contributed by atoms with Crippen LogP contribution >= 0.6 is 0 Å². The van der Waals surface area contributed by atoms with Gasteiger partial charge in [-0.3, -0.25) is 5.01 Å². The maximum absolute atomic E-state index is 9.62. The molecule has 3 heteroatoms. The number of hydrazone groups is 1. The Bertz CT molecular complexity index is 1320.